The van der Waals surface area contributed by atoms with Crippen LogP contribution in [0.3, 0.4) is 0 Å². The summed E-state index contributed by atoms with van der Waals surface area (Å²) in [6.45, 7) is 37.4. The van der Waals surface area contributed by atoms with E-state index in [1.54, 1.807) is 112 Å². The first-order valence-corrected chi connectivity index (χ1v) is 52.5. The lowest BCUT2D eigenvalue weighted by Gasteiger charge is -2.28. The fourth-order valence-electron chi connectivity index (χ4n) is 17.3. The summed E-state index contributed by atoms with van der Waals surface area (Å²) in [6.07, 6.45) is 18.6. The van der Waals surface area contributed by atoms with Gasteiger partial charge in [-0.3, -0.25) is 31.6 Å². The van der Waals surface area contributed by atoms with Crippen LogP contribution in [0.15, 0.2) is 190 Å². The van der Waals surface area contributed by atoms with E-state index in [0.717, 1.165) is 227 Å². The number of hydrogen-bond acceptors (Lipinski definition) is 18. The predicted octanol–water partition coefficient (Wildman–Crippen LogP) is 19.9. The second kappa shape index (κ2) is 44.6. The minimum Gasteiger partial charge on any atom is -0.481 e. The number of halogens is 1. The van der Waals surface area contributed by atoms with Gasteiger partial charge in [-0.1, -0.05) is 117 Å². The molecule has 12 aromatic rings. The summed E-state index contributed by atoms with van der Waals surface area (Å²) < 4.78 is 151. The highest BCUT2D eigenvalue weighted by Gasteiger charge is 2.34. The third-order valence-electron chi connectivity index (χ3n) is 24.6. The topological polar surface area (TPSA) is 280 Å². The number of nitrogens with zero attached hydrogens (tertiary/aromatic N) is 13. The smallest absolute Gasteiger partial charge is 0.265 e. The normalized spacial score (nSPS) is 15.4. The molecule has 0 unspecified atom stereocenters. The molecule has 0 aliphatic carbocycles. The Kier molecular flexibility index (Phi) is 33.7. The van der Waals surface area contributed by atoms with Crippen LogP contribution in [0.25, 0.3) is 43.6 Å². The van der Waals surface area contributed by atoms with Crippen LogP contribution in [-0.2, 0) is 91.6 Å². The number of sulfonamides is 4. The summed E-state index contributed by atoms with van der Waals surface area (Å²) in [5.74, 6) is 3.49. The number of pyridine rings is 1. The number of methoxy groups -OCH3 is 1. The van der Waals surface area contributed by atoms with Gasteiger partial charge in [0, 0.05) is 138 Å². The van der Waals surface area contributed by atoms with Crippen LogP contribution >= 0.6 is 11.6 Å². The SMILES string of the molecule is CCCCc1ccc(N(CC(C)C)S(=O)(=O)c2ccc3c(cnn3CC3CCOCC3)c2)c(C)c1.COc1cccc(N(CC(C)C)S(=O)(=O)c2ccc3c(cnn3CC3CCOCC3)c2)n1.Cc1ccc(C)c(N(CC(C)C)S(=O)(=O)c2ccc3c(cnn3CC3CCOCC3)c2)c1.Cc1ccc(Cl)cc1N(CC(C)C)S(=O)(=O)c1ccc2c(cnn2CC2CCOCC2)c1. The summed E-state index contributed by atoms with van der Waals surface area (Å²) in [7, 11) is -13.5. The van der Waals surface area contributed by atoms with Gasteiger partial charge in [0.2, 0.25) is 5.88 Å². The van der Waals surface area contributed by atoms with Crippen LogP contribution in [0.4, 0.5) is 22.9 Å². The molecule has 0 amide bonds. The molecule has 0 spiro atoms. The average Bonchev–Trinajstić information content (AvgIpc) is 1.77. The Balaban J connectivity index is 0.000000149. The van der Waals surface area contributed by atoms with Crippen molar-refractivity contribution in [1.82, 2.24) is 44.1 Å². The van der Waals surface area contributed by atoms with Crippen LogP contribution in [0.1, 0.15) is 154 Å². The Morgan fingerprint density at radius 2 is 0.725 bits per heavy atom. The molecular weight excluding hydrogens is 1750 g/mol. The van der Waals surface area contributed by atoms with Crippen LogP contribution in [-0.4, -0.2) is 164 Å². The summed E-state index contributed by atoms with van der Waals surface area (Å²) in [4.78, 5) is 5.46. The molecule has 706 valence electrons. The molecule has 4 saturated heterocycles. The van der Waals surface area contributed by atoms with Crippen molar-refractivity contribution < 1.29 is 57.4 Å². The van der Waals surface area contributed by atoms with Gasteiger partial charge in [-0.2, -0.15) is 25.4 Å². The molecule has 0 bridgehead atoms. The minimum atomic E-state index is -3.82. The van der Waals surface area contributed by atoms with E-state index < -0.39 is 40.1 Å². The van der Waals surface area contributed by atoms with E-state index in [4.69, 9.17) is 35.3 Å². The lowest BCUT2D eigenvalue weighted by Crippen LogP contribution is -2.35. The van der Waals surface area contributed by atoms with Crippen LogP contribution in [0, 0.1) is 75.0 Å². The van der Waals surface area contributed by atoms with Crippen molar-refractivity contribution in [2.24, 2.45) is 47.3 Å². The molecular formula is C100H132ClN13O13S4. The van der Waals surface area contributed by atoms with E-state index in [0.29, 0.717) is 82.0 Å². The van der Waals surface area contributed by atoms with Crippen molar-refractivity contribution in [2.45, 2.75) is 206 Å². The molecule has 9 heterocycles. The maximum absolute atomic E-state index is 13.9. The van der Waals surface area contributed by atoms with Crippen LogP contribution in [0.2, 0.25) is 5.02 Å². The van der Waals surface area contributed by atoms with E-state index in [1.807, 2.05) is 143 Å². The Bertz CT molecular complexity index is 6140. The van der Waals surface area contributed by atoms with Crippen molar-refractivity contribution in [2.75, 3.05) is 103 Å². The molecule has 0 atom stereocenters. The summed E-state index contributed by atoms with van der Waals surface area (Å²) >= 11 is 6.21. The quantitative estimate of drug-likeness (QED) is 0.0379. The van der Waals surface area contributed by atoms with Crippen molar-refractivity contribution in [3.8, 4) is 5.88 Å². The zero-order chi connectivity index (χ0) is 93.5. The van der Waals surface area contributed by atoms with E-state index in [1.165, 1.54) is 21.3 Å². The third-order valence-corrected chi connectivity index (χ3v) is 31.9. The molecule has 0 N–H and O–H groups in total. The molecule has 26 nitrogen and oxygen atoms in total. The Hall–Kier alpha value is -9.50. The second-order valence-corrected chi connectivity index (χ2v) is 45.0. The fraction of sp³-hybridized carbons (Fsp3) is 0.490. The van der Waals surface area contributed by atoms with Crippen molar-refractivity contribution in [3.63, 3.8) is 0 Å². The van der Waals surface area contributed by atoms with Gasteiger partial charge in [-0.05, 0) is 270 Å². The first-order chi connectivity index (χ1) is 62.7. The van der Waals surface area contributed by atoms with Gasteiger partial charge in [0.05, 0.1) is 90.6 Å². The van der Waals surface area contributed by atoms with Crippen LogP contribution < -0.4 is 22.0 Å². The molecule has 7 aromatic carbocycles. The van der Waals surface area contributed by atoms with E-state index in [-0.39, 0.29) is 33.5 Å². The van der Waals surface area contributed by atoms with Gasteiger partial charge in [0.15, 0.2) is 0 Å². The molecule has 4 aliphatic heterocycles. The predicted molar refractivity (Wildman–Crippen MR) is 523 cm³/mol. The van der Waals surface area contributed by atoms with Crippen molar-refractivity contribution >= 4 is 118 Å². The summed E-state index contributed by atoms with van der Waals surface area (Å²) in [5.41, 5.74) is 11.1. The molecule has 5 aromatic heterocycles. The Morgan fingerprint density at radius 3 is 1.07 bits per heavy atom. The average molecular weight is 1890 g/mol. The number of fused-ring (bicyclic) bond motifs is 4. The van der Waals surface area contributed by atoms with Gasteiger partial charge < -0.3 is 23.7 Å². The maximum Gasteiger partial charge on any atom is 0.265 e. The number of ether oxygens (including phenoxy) is 5. The summed E-state index contributed by atoms with van der Waals surface area (Å²) in [6, 6.07) is 43.9. The van der Waals surface area contributed by atoms with E-state index in [2.05, 4.69) is 58.3 Å². The van der Waals surface area contributed by atoms with Gasteiger partial charge in [0.1, 0.15) is 5.82 Å². The molecule has 0 saturated carbocycles. The number of aromatic nitrogens is 9. The van der Waals surface area contributed by atoms with Crippen molar-refractivity contribution in [1.29, 1.82) is 0 Å². The first-order valence-electron chi connectivity index (χ1n) is 46.4. The van der Waals surface area contributed by atoms with Crippen molar-refractivity contribution in [3.05, 3.63) is 203 Å². The Morgan fingerprint density at radius 1 is 0.389 bits per heavy atom. The lowest BCUT2D eigenvalue weighted by atomic mass is 10.0. The highest BCUT2D eigenvalue weighted by molar-refractivity contribution is 7.93. The maximum atomic E-state index is 13.9. The standard InChI is InChI=1S/C28H39N3O3S.C25H33N3O3S.C24H30ClN3O3S.C23H30N4O4S/c1-5-6-7-23-8-10-27(22(4)16-23)31(19-21(2)3)35(32,33)26-9-11-28-25(17-26)18-29-30(28)20-24-12-14-34-15-13-24;1-18(2)16-28(25-13-19(3)5-6-20(25)4)32(29,30)23-7-8-24-22(14-23)15-26-27(24)17-21-9-11-31-12-10-21;1-17(2)15-28(24-13-21(25)5-4-18(24)3)32(29,30)22-6-7-23-20(12-22)14-26-27(23)16-19-8-10-31-11-9-19;1-17(2)15-27(22-5-4-6-23(25-22)30-3)32(28,29)20-7-8-21-19(13-20)14-24-26(21)16-18-9-11-31-12-10-18/h8-11,16-18,21,24H,5-7,12-15,19-20H2,1-4H3;5-8,13-15,18,21H,9-12,16-17H2,1-4H3;4-7,12-14,17,19H,8-11,15-16H2,1-3H3;4-8,13-14,17-18H,9-12,15-16H2,1-3H3. The molecule has 4 aliphatic rings. The second-order valence-electron chi connectivity index (χ2n) is 37.1. The highest BCUT2D eigenvalue weighted by Crippen LogP contribution is 2.38. The zero-order valence-electron chi connectivity index (χ0n) is 78.5. The number of aryl methyl sites for hydroxylation is 5. The number of anilines is 4. The molecule has 0 radical (unpaired) electrons. The molecule has 131 heavy (non-hydrogen) atoms. The monoisotopic (exact) mass is 1890 g/mol. The number of unbranched alkanes of at least 4 members (excludes halogenated alkanes) is 1. The molecule has 31 heteroatoms. The van der Waals surface area contributed by atoms with E-state index in [9.17, 15) is 33.7 Å². The largest absolute Gasteiger partial charge is 0.481 e. The summed E-state index contributed by atoms with van der Waals surface area (Å²) in [5, 5.41) is 22.1. The van der Waals surface area contributed by atoms with Gasteiger partial charge in [-0.25, -0.2) is 38.0 Å². The van der Waals surface area contributed by atoms with Crippen LogP contribution in [0.5, 0.6) is 5.88 Å². The zero-order valence-corrected chi connectivity index (χ0v) is 82.5. The van der Waals surface area contributed by atoms with Gasteiger partial charge >= 0.3 is 0 Å². The number of hydrogen-bond donors (Lipinski definition) is 0. The Labute approximate surface area is 780 Å². The fourth-order valence-corrected chi connectivity index (χ4v) is 24.3. The number of rotatable bonds is 32. The third kappa shape index (κ3) is 24.7. The van der Waals surface area contributed by atoms with E-state index >= 15 is 0 Å². The van der Waals surface area contributed by atoms with Gasteiger partial charge in [0.25, 0.3) is 40.1 Å². The minimum absolute atomic E-state index is 0.115. The lowest BCUT2D eigenvalue weighted by molar-refractivity contribution is 0.0604. The number of benzene rings is 7. The molecule has 4 fully saturated rings. The highest BCUT2D eigenvalue weighted by atomic mass is 35.5. The molecule has 16 rings (SSSR count). The van der Waals surface area contributed by atoms with Gasteiger partial charge in [-0.15, -0.1) is 0 Å². The first kappa shape index (κ1) is 99.0.